The Morgan fingerprint density at radius 1 is 0.944 bits per heavy atom. The largest absolute Gasteiger partial charge is 0.497 e. The van der Waals surface area contributed by atoms with E-state index >= 15 is 0 Å². The van der Waals surface area contributed by atoms with Gasteiger partial charge in [-0.05, 0) is 35.9 Å². The Morgan fingerprint density at radius 3 is 2.44 bits per heavy atom. The average Bonchev–Trinajstić information content (AvgIpc) is 3.17. The van der Waals surface area contributed by atoms with Crippen LogP contribution in [-0.4, -0.2) is 36.6 Å². The van der Waals surface area contributed by atoms with Gasteiger partial charge in [-0.1, -0.05) is 24.3 Å². The Hall–Kier alpha value is -4.66. The lowest BCUT2D eigenvalue weighted by Crippen LogP contribution is -2.27. The van der Waals surface area contributed by atoms with E-state index in [1.165, 1.54) is 11.8 Å². The number of aromatic nitrogens is 2. The summed E-state index contributed by atoms with van der Waals surface area (Å²) in [6.45, 7) is -0.160. The monoisotopic (exact) mass is 487 g/mol. The third kappa shape index (κ3) is 4.15. The molecule has 3 aromatic carbocycles. The van der Waals surface area contributed by atoms with Crippen molar-refractivity contribution in [3.8, 4) is 34.6 Å². The van der Waals surface area contributed by atoms with Crippen molar-refractivity contribution in [1.29, 1.82) is 0 Å². The van der Waals surface area contributed by atoms with Crippen LogP contribution in [0.15, 0.2) is 71.5 Å². The molecule has 2 heterocycles. The molecule has 4 aromatic rings. The number of ether oxygens (including phenoxy) is 4. The first kappa shape index (κ1) is 23.1. The smallest absolute Gasteiger partial charge is 0.278 e. The predicted molar refractivity (Wildman–Crippen MR) is 134 cm³/mol. The van der Waals surface area contributed by atoms with Gasteiger partial charge in [0.15, 0.2) is 11.5 Å². The van der Waals surface area contributed by atoms with Gasteiger partial charge in [-0.3, -0.25) is 9.59 Å². The number of carbonyl (C=O) groups is 1. The van der Waals surface area contributed by atoms with Gasteiger partial charge in [0.2, 0.25) is 11.8 Å². The number of anilines is 1. The Labute approximate surface area is 207 Å². The molecule has 0 atom stereocenters. The van der Waals surface area contributed by atoms with E-state index in [4.69, 9.17) is 18.9 Å². The summed E-state index contributed by atoms with van der Waals surface area (Å²) in [6, 6.07) is 19.7. The fourth-order valence-corrected chi connectivity index (χ4v) is 4.26. The van der Waals surface area contributed by atoms with Crippen LogP contribution >= 0.6 is 0 Å². The van der Waals surface area contributed by atoms with E-state index in [-0.39, 0.29) is 18.0 Å². The van der Waals surface area contributed by atoms with Crippen molar-refractivity contribution in [2.75, 3.05) is 26.6 Å². The van der Waals surface area contributed by atoms with Crippen LogP contribution in [0.2, 0.25) is 0 Å². The Bertz CT molecular complexity index is 1490. The summed E-state index contributed by atoms with van der Waals surface area (Å²) >= 11 is 0. The van der Waals surface area contributed by atoms with Crippen LogP contribution in [0, 0.1) is 0 Å². The maximum Gasteiger partial charge on any atom is 0.278 e. The lowest BCUT2D eigenvalue weighted by Gasteiger charge is -2.20. The number of hydrogen-bond acceptors (Lipinski definition) is 6. The molecule has 0 bridgehead atoms. The molecule has 0 saturated heterocycles. The fraction of sp³-hybridized carbons (Fsp3) is 0.185. The third-order valence-corrected chi connectivity index (χ3v) is 5.99. The number of benzene rings is 3. The lowest BCUT2D eigenvalue weighted by atomic mass is 10.0. The van der Waals surface area contributed by atoms with Gasteiger partial charge in [-0.15, -0.1) is 0 Å². The second-order valence-electron chi connectivity index (χ2n) is 8.16. The van der Waals surface area contributed by atoms with E-state index in [1.807, 2.05) is 42.5 Å². The molecular formula is C27H25N3O6. The number of nitrogens with zero attached hydrogens (tertiary/aromatic N) is 2. The number of para-hydroxylation sites is 1. The number of carbonyl (C=O) groups excluding carboxylic acids is 1. The van der Waals surface area contributed by atoms with Gasteiger partial charge in [-0.2, -0.15) is 0 Å². The van der Waals surface area contributed by atoms with Crippen molar-refractivity contribution >= 4 is 11.6 Å². The average molecular weight is 488 g/mol. The van der Waals surface area contributed by atoms with Crippen molar-refractivity contribution in [1.82, 2.24) is 9.36 Å². The summed E-state index contributed by atoms with van der Waals surface area (Å²) in [4.78, 5) is 26.7. The number of rotatable bonds is 7. The molecular weight excluding hydrogens is 462 g/mol. The quantitative estimate of drug-likeness (QED) is 0.373. The van der Waals surface area contributed by atoms with E-state index in [0.717, 1.165) is 5.56 Å². The Morgan fingerprint density at radius 2 is 1.72 bits per heavy atom. The predicted octanol–water partition coefficient (Wildman–Crippen LogP) is 4.00. The number of nitrogens with one attached hydrogen (secondary N) is 1. The summed E-state index contributed by atoms with van der Waals surface area (Å²) in [5.74, 6) is 2.25. The van der Waals surface area contributed by atoms with Crippen LogP contribution in [0.5, 0.6) is 28.9 Å². The standard InChI is InChI=1S/C27H25N3O6/c1-33-20-11-9-17-13-21-26(32)30(19-7-5-4-6-8-19)29(27(21)36-23(17)15-20)16-25(31)28-18-10-12-22(34-2)24(14-18)35-3/h4-12,14-15H,13,16H2,1-3H3,(H,28,31). The van der Waals surface area contributed by atoms with Gasteiger partial charge in [0.05, 0.1) is 32.6 Å². The highest BCUT2D eigenvalue weighted by molar-refractivity contribution is 5.91. The van der Waals surface area contributed by atoms with Crippen LogP contribution in [-0.2, 0) is 17.8 Å². The maximum atomic E-state index is 13.5. The van der Waals surface area contributed by atoms with Gasteiger partial charge in [0.1, 0.15) is 18.0 Å². The Balaban J connectivity index is 1.53. The second-order valence-corrected chi connectivity index (χ2v) is 8.16. The van der Waals surface area contributed by atoms with E-state index in [2.05, 4.69) is 5.32 Å². The SMILES string of the molecule is COc1ccc2c(c1)Oc1c(c(=O)n(-c3ccccc3)n1CC(=O)Nc1ccc(OC)c(OC)c1)C2. The van der Waals surface area contributed by atoms with Crippen molar-refractivity contribution in [2.45, 2.75) is 13.0 Å². The minimum absolute atomic E-state index is 0.160. The van der Waals surface area contributed by atoms with Gasteiger partial charge in [0, 0.05) is 24.2 Å². The minimum Gasteiger partial charge on any atom is -0.497 e. The minimum atomic E-state index is -0.343. The molecule has 184 valence electrons. The zero-order valence-corrected chi connectivity index (χ0v) is 20.1. The molecule has 1 aromatic heterocycles. The topological polar surface area (TPSA) is 93.0 Å². The molecule has 9 heteroatoms. The summed E-state index contributed by atoms with van der Waals surface area (Å²) in [5.41, 5.74) is 2.27. The van der Waals surface area contributed by atoms with Crippen LogP contribution < -0.4 is 29.8 Å². The highest BCUT2D eigenvalue weighted by atomic mass is 16.5. The molecule has 5 rings (SSSR count). The fourth-order valence-electron chi connectivity index (χ4n) is 4.26. The van der Waals surface area contributed by atoms with Crippen LogP contribution in [0.4, 0.5) is 5.69 Å². The molecule has 1 aliphatic rings. The number of hydrogen-bond donors (Lipinski definition) is 1. The molecule has 0 unspecified atom stereocenters. The van der Waals surface area contributed by atoms with E-state index in [1.54, 1.807) is 43.2 Å². The summed E-state index contributed by atoms with van der Waals surface area (Å²) in [7, 11) is 4.65. The molecule has 1 amide bonds. The summed E-state index contributed by atoms with van der Waals surface area (Å²) < 4.78 is 25.1. The van der Waals surface area contributed by atoms with Crippen LogP contribution in [0.25, 0.3) is 5.69 Å². The van der Waals surface area contributed by atoms with Crippen molar-refractivity contribution in [2.24, 2.45) is 0 Å². The number of methoxy groups -OCH3 is 3. The summed E-state index contributed by atoms with van der Waals surface area (Å²) in [5, 5.41) is 2.86. The van der Waals surface area contributed by atoms with E-state index in [0.29, 0.717) is 52.2 Å². The molecule has 1 aliphatic heterocycles. The van der Waals surface area contributed by atoms with Crippen molar-refractivity contribution in [3.63, 3.8) is 0 Å². The maximum absolute atomic E-state index is 13.5. The first-order chi connectivity index (χ1) is 17.5. The lowest BCUT2D eigenvalue weighted by molar-refractivity contribution is -0.117. The highest BCUT2D eigenvalue weighted by Crippen LogP contribution is 2.38. The van der Waals surface area contributed by atoms with Gasteiger partial charge >= 0.3 is 0 Å². The molecule has 1 N–H and O–H groups in total. The van der Waals surface area contributed by atoms with Crippen LogP contribution in [0.3, 0.4) is 0 Å². The van der Waals surface area contributed by atoms with E-state index in [9.17, 15) is 9.59 Å². The highest BCUT2D eigenvalue weighted by Gasteiger charge is 2.29. The van der Waals surface area contributed by atoms with Gasteiger partial charge in [0.25, 0.3) is 5.56 Å². The van der Waals surface area contributed by atoms with Gasteiger partial charge < -0.3 is 24.3 Å². The normalized spacial score (nSPS) is 11.6. The molecule has 0 radical (unpaired) electrons. The molecule has 0 fully saturated rings. The third-order valence-electron chi connectivity index (χ3n) is 5.99. The first-order valence-corrected chi connectivity index (χ1v) is 11.3. The second kappa shape index (κ2) is 9.53. The first-order valence-electron chi connectivity index (χ1n) is 11.3. The molecule has 0 aliphatic carbocycles. The van der Waals surface area contributed by atoms with Crippen LogP contribution in [0.1, 0.15) is 11.1 Å². The zero-order chi connectivity index (χ0) is 25.2. The number of amides is 1. The van der Waals surface area contributed by atoms with E-state index < -0.39 is 0 Å². The van der Waals surface area contributed by atoms with Crippen molar-refractivity contribution in [3.05, 3.63) is 88.2 Å². The molecule has 36 heavy (non-hydrogen) atoms. The Kier molecular flexibility index (Phi) is 6.12. The summed E-state index contributed by atoms with van der Waals surface area (Å²) in [6.07, 6.45) is 0.380. The molecule has 0 spiro atoms. The van der Waals surface area contributed by atoms with Gasteiger partial charge in [-0.25, -0.2) is 9.36 Å². The molecule has 9 nitrogen and oxygen atoms in total. The molecule has 0 saturated carbocycles. The van der Waals surface area contributed by atoms with Crippen molar-refractivity contribution < 1.29 is 23.7 Å². The zero-order valence-electron chi connectivity index (χ0n) is 20.1. The number of fused-ring (bicyclic) bond motifs is 2.